The highest BCUT2D eigenvalue weighted by Crippen LogP contribution is 2.27. The van der Waals surface area contributed by atoms with E-state index in [-0.39, 0.29) is 12.5 Å². The molecule has 0 saturated carbocycles. The van der Waals surface area contributed by atoms with Crippen molar-refractivity contribution in [2.75, 3.05) is 13.1 Å². The average molecular weight is 235 g/mol. The van der Waals surface area contributed by atoms with Crippen molar-refractivity contribution in [3.05, 3.63) is 23.3 Å². The van der Waals surface area contributed by atoms with E-state index in [4.69, 9.17) is 0 Å². The molecule has 1 amide bonds. The maximum absolute atomic E-state index is 10.8. The molecule has 0 bridgehead atoms. The van der Waals surface area contributed by atoms with Crippen molar-refractivity contribution in [2.45, 2.75) is 32.3 Å². The van der Waals surface area contributed by atoms with Gasteiger partial charge >= 0.3 is 0 Å². The van der Waals surface area contributed by atoms with E-state index in [9.17, 15) is 9.90 Å². The summed E-state index contributed by atoms with van der Waals surface area (Å²) in [5.41, 5.74) is 1.67. The number of hydrogen-bond acceptors (Lipinski definition) is 4. The number of aliphatic hydroxyl groups excluding tert-OH is 1. The van der Waals surface area contributed by atoms with Gasteiger partial charge in [0, 0.05) is 30.8 Å². The van der Waals surface area contributed by atoms with Gasteiger partial charge in [-0.3, -0.25) is 4.79 Å². The van der Waals surface area contributed by atoms with Crippen LogP contribution in [0, 0.1) is 6.92 Å². The molecule has 2 rings (SSSR count). The number of carbonyl (C=O) groups is 1. The van der Waals surface area contributed by atoms with Crippen molar-refractivity contribution in [2.24, 2.45) is 0 Å². The minimum absolute atomic E-state index is 0.0484. The zero-order valence-corrected chi connectivity index (χ0v) is 9.96. The van der Waals surface area contributed by atoms with Crippen LogP contribution in [0.15, 0.2) is 6.20 Å². The fourth-order valence-electron chi connectivity index (χ4n) is 2.31. The molecule has 1 atom stereocenters. The van der Waals surface area contributed by atoms with Crippen molar-refractivity contribution >= 4 is 6.41 Å². The molecule has 1 aromatic rings. The SMILES string of the molecule is Cc1ncc(CO)c(C2CCCN(C=O)C2)n1. The van der Waals surface area contributed by atoms with E-state index in [1.807, 2.05) is 6.92 Å². The lowest BCUT2D eigenvalue weighted by atomic mass is 9.92. The van der Waals surface area contributed by atoms with Gasteiger partial charge in [-0.15, -0.1) is 0 Å². The Kier molecular flexibility index (Phi) is 3.68. The third kappa shape index (κ3) is 2.61. The summed E-state index contributed by atoms with van der Waals surface area (Å²) in [6.07, 6.45) is 4.56. The largest absolute Gasteiger partial charge is 0.392 e. The van der Waals surface area contributed by atoms with Crippen LogP contribution in [0.5, 0.6) is 0 Å². The van der Waals surface area contributed by atoms with Crippen LogP contribution in [0.2, 0.25) is 0 Å². The molecule has 0 aliphatic carbocycles. The molecule has 0 aromatic carbocycles. The molecule has 2 heterocycles. The molecule has 17 heavy (non-hydrogen) atoms. The Balaban J connectivity index is 2.25. The second-order valence-electron chi connectivity index (χ2n) is 4.43. The summed E-state index contributed by atoms with van der Waals surface area (Å²) in [6, 6.07) is 0. The summed E-state index contributed by atoms with van der Waals surface area (Å²) in [7, 11) is 0. The lowest BCUT2D eigenvalue weighted by Crippen LogP contribution is -2.34. The van der Waals surface area contributed by atoms with Crippen LogP contribution >= 0.6 is 0 Å². The van der Waals surface area contributed by atoms with Crippen LogP contribution in [0.25, 0.3) is 0 Å². The monoisotopic (exact) mass is 235 g/mol. The minimum atomic E-state index is -0.0484. The molecule has 1 fully saturated rings. The van der Waals surface area contributed by atoms with E-state index in [2.05, 4.69) is 9.97 Å². The van der Waals surface area contributed by atoms with Crippen molar-refractivity contribution in [1.29, 1.82) is 0 Å². The van der Waals surface area contributed by atoms with Crippen molar-refractivity contribution in [3.8, 4) is 0 Å². The van der Waals surface area contributed by atoms with Crippen molar-refractivity contribution in [3.63, 3.8) is 0 Å². The predicted octanol–water partition coefficient (Wildman–Crippen LogP) is 0.613. The number of rotatable bonds is 3. The van der Waals surface area contributed by atoms with Gasteiger partial charge in [-0.25, -0.2) is 9.97 Å². The van der Waals surface area contributed by atoms with Crippen LogP contribution in [0.1, 0.15) is 35.8 Å². The second-order valence-corrected chi connectivity index (χ2v) is 4.43. The molecule has 1 aliphatic heterocycles. The van der Waals surface area contributed by atoms with Gasteiger partial charge in [0.2, 0.25) is 6.41 Å². The first-order chi connectivity index (χ1) is 8.24. The average Bonchev–Trinajstić information content (AvgIpc) is 2.39. The number of piperidine rings is 1. The van der Waals surface area contributed by atoms with Gasteiger partial charge in [0.25, 0.3) is 0 Å². The first-order valence-corrected chi connectivity index (χ1v) is 5.87. The van der Waals surface area contributed by atoms with Gasteiger partial charge in [-0.2, -0.15) is 0 Å². The minimum Gasteiger partial charge on any atom is -0.392 e. The number of hydrogen-bond donors (Lipinski definition) is 1. The lowest BCUT2D eigenvalue weighted by molar-refractivity contribution is -0.119. The maximum Gasteiger partial charge on any atom is 0.209 e. The van der Waals surface area contributed by atoms with Crippen LogP contribution < -0.4 is 0 Å². The Morgan fingerprint density at radius 1 is 1.65 bits per heavy atom. The summed E-state index contributed by atoms with van der Waals surface area (Å²) in [5, 5.41) is 9.30. The van der Waals surface area contributed by atoms with E-state index in [0.29, 0.717) is 12.4 Å². The summed E-state index contributed by atoms with van der Waals surface area (Å²) in [5.74, 6) is 0.929. The van der Waals surface area contributed by atoms with Crippen molar-refractivity contribution in [1.82, 2.24) is 14.9 Å². The number of amides is 1. The van der Waals surface area contributed by atoms with Crippen LogP contribution in [0.4, 0.5) is 0 Å². The molecule has 0 spiro atoms. The van der Waals surface area contributed by atoms with Gasteiger partial charge in [-0.1, -0.05) is 0 Å². The van der Waals surface area contributed by atoms with E-state index in [1.165, 1.54) is 0 Å². The number of nitrogens with zero attached hydrogens (tertiary/aromatic N) is 3. The first kappa shape index (κ1) is 12.0. The molecule has 1 unspecified atom stereocenters. The number of likely N-dealkylation sites (tertiary alicyclic amines) is 1. The standard InChI is InChI=1S/C12H17N3O2/c1-9-13-5-11(7-16)12(14-9)10-3-2-4-15(6-10)8-17/h5,8,10,16H,2-4,6-7H2,1H3. The molecule has 92 valence electrons. The highest BCUT2D eigenvalue weighted by atomic mass is 16.3. The van der Waals surface area contributed by atoms with Gasteiger partial charge in [0.1, 0.15) is 5.82 Å². The molecule has 5 nitrogen and oxygen atoms in total. The highest BCUT2D eigenvalue weighted by molar-refractivity contribution is 5.47. The van der Waals surface area contributed by atoms with Crippen LogP contribution in [0.3, 0.4) is 0 Å². The molecule has 0 radical (unpaired) electrons. The number of carbonyl (C=O) groups excluding carboxylic acids is 1. The molecule has 5 heteroatoms. The number of aliphatic hydroxyl groups is 1. The molecule has 1 aliphatic rings. The van der Waals surface area contributed by atoms with Gasteiger partial charge in [0.15, 0.2) is 0 Å². The molecule has 1 aromatic heterocycles. The fraction of sp³-hybridized carbons (Fsp3) is 0.583. The third-order valence-electron chi connectivity index (χ3n) is 3.18. The van der Waals surface area contributed by atoms with Gasteiger partial charge in [-0.05, 0) is 19.8 Å². The Labute approximate surface area is 100 Å². The zero-order chi connectivity index (χ0) is 12.3. The molecular formula is C12H17N3O2. The Morgan fingerprint density at radius 2 is 2.47 bits per heavy atom. The lowest BCUT2D eigenvalue weighted by Gasteiger charge is -2.30. The Morgan fingerprint density at radius 3 is 3.18 bits per heavy atom. The zero-order valence-electron chi connectivity index (χ0n) is 9.96. The molecular weight excluding hydrogens is 218 g/mol. The predicted molar refractivity (Wildman–Crippen MR) is 62.3 cm³/mol. The molecule has 1 saturated heterocycles. The van der Waals surface area contributed by atoms with Crippen LogP contribution in [-0.4, -0.2) is 39.5 Å². The summed E-state index contributed by atoms with van der Waals surface area (Å²) in [4.78, 5) is 21.1. The number of aromatic nitrogens is 2. The van der Waals surface area contributed by atoms with Gasteiger partial charge in [0.05, 0.1) is 12.3 Å². The highest BCUT2D eigenvalue weighted by Gasteiger charge is 2.23. The molecule has 1 N–H and O–H groups in total. The first-order valence-electron chi connectivity index (χ1n) is 5.87. The van der Waals surface area contributed by atoms with Crippen LogP contribution in [-0.2, 0) is 11.4 Å². The quantitative estimate of drug-likeness (QED) is 0.780. The second kappa shape index (κ2) is 5.23. The normalized spacial score (nSPS) is 20.4. The van der Waals surface area contributed by atoms with E-state index < -0.39 is 0 Å². The van der Waals surface area contributed by atoms with E-state index in [1.54, 1.807) is 11.1 Å². The van der Waals surface area contributed by atoms with Gasteiger partial charge < -0.3 is 10.0 Å². The summed E-state index contributed by atoms with van der Waals surface area (Å²) in [6.45, 7) is 3.30. The third-order valence-corrected chi connectivity index (χ3v) is 3.18. The Bertz CT molecular complexity index is 409. The summed E-state index contributed by atoms with van der Waals surface area (Å²) >= 11 is 0. The van der Waals surface area contributed by atoms with Crippen molar-refractivity contribution < 1.29 is 9.90 Å². The number of aryl methyl sites for hydroxylation is 1. The van der Waals surface area contributed by atoms with E-state index >= 15 is 0 Å². The maximum atomic E-state index is 10.8. The summed E-state index contributed by atoms with van der Waals surface area (Å²) < 4.78 is 0. The van der Waals surface area contributed by atoms with E-state index in [0.717, 1.165) is 37.1 Å². The Hall–Kier alpha value is -1.49. The topological polar surface area (TPSA) is 66.3 Å². The fourth-order valence-corrected chi connectivity index (χ4v) is 2.31. The smallest absolute Gasteiger partial charge is 0.209 e.